The molecular formula is C30H34N2O2. The van der Waals surface area contributed by atoms with Crippen molar-refractivity contribution >= 4 is 16.8 Å². The number of unbranched alkanes of at least 4 members (excludes halogenated alkanes) is 1. The summed E-state index contributed by atoms with van der Waals surface area (Å²) in [6.07, 6.45) is 4.15. The number of phenols is 1. The van der Waals surface area contributed by atoms with Gasteiger partial charge in [-0.15, -0.1) is 0 Å². The van der Waals surface area contributed by atoms with Gasteiger partial charge in [0.2, 0.25) is 0 Å². The maximum atomic E-state index is 13.1. The Morgan fingerprint density at radius 3 is 2.56 bits per heavy atom. The minimum atomic E-state index is -0.0683. The first-order valence-corrected chi connectivity index (χ1v) is 12.1. The van der Waals surface area contributed by atoms with Gasteiger partial charge in [-0.1, -0.05) is 55.8 Å². The number of hydrogen-bond acceptors (Lipinski definition) is 2. The molecule has 1 aromatic heterocycles. The second kappa shape index (κ2) is 10.2. The number of aromatic hydroxyl groups is 1. The lowest BCUT2D eigenvalue weighted by atomic mass is 10.0. The average Bonchev–Trinajstić information content (AvgIpc) is 3.07. The third kappa shape index (κ3) is 5.01. The SMILES string of the molecule is CCCCc1cccc([C@H](C)NC(=O)c2ccc3c(Cc4cccc(O)c4)c(C)n(C)c3c2)c1. The van der Waals surface area contributed by atoms with Crippen molar-refractivity contribution in [1.29, 1.82) is 0 Å². The molecule has 34 heavy (non-hydrogen) atoms. The van der Waals surface area contributed by atoms with Gasteiger partial charge in [-0.25, -0.2) is 0 Å². The van der Waals surface area contributed by atoms with Gasteiger partial charge in [-0.2, -0.15) is 0 Å². The molecule has 1 atom stereocenters. The van der Waals surface area contributed by atoms with E-state index in [1.807, 2.05) is 44.3 Å². The summed E-state index contributed by atoms with van der Waals surface area (Å²) in [5, 5.41) is 14.1. The van der Waals surface area contributed by atoms with Crippen molar-refractivity contribution in [2.24, 2.45) is 7.05 Å². The standard InChI is InChI=1S/C30H34N2O2/c1-5-6-9-22-10-7-12-24(16-22)20(2)31-30(34)25-14-15-27-28(21(3)32(4)29(27)19-25)18-23-11-8-13-26(33)17-23/h7-8,10-17,19-20,33H,5-6,9,18H2,1-4H3,(H,31,34)/t20-/m0/s1. The summed E-state index contributed by atoms with van der Waals surface area (Å²) in [7, 11) is 2.04. The Hall–Kier alpha value is -3.53. The number of rotatable bonds is 8. The summed E-state index contributed by atoms with van der Waals surface area (Å²) in [4.78, 5) is 13.1. The van der Waals surface area contributed by atoms with Crippen molar-refractivity contribution in [3.05, 3.63) is 100 Å². The molecule has 0 radical (unpaired) electrons. The lowest BCUT2D eigenvalue weighted by molar-refractivity contribution is 0.0940. The molecule has 1 heterocycles. The van der Waals surface area contributed by atoms with E-state index in [0.717, 1.165) is 40.6 Å². The molecule has 0 saturated carbocycles. The number of nitrogens with one attached hydrogen (secondary N) is 1. The number of aryl methyl sites for hydroxylation is 2. The van der Waals surface area contributed by atoms with E-state index in [1.165, 1.54) is 24.0 Å². The summed E-state index contributed by atoms with van der Waals surface area (Å²) in [6.45, 7) is 6.34. The topological polar surface area (TPSA) is 54.3 Å². The minimum absolute atomic E-state index is 0.0678. The minimum Gasteiger partial charge on any atom is -0.508 e. The number of nitrogens with zero attached hydrogens (tertiary/aromatic N) is 1. The molecule has 0 spiro atoms. The van der Waals surface area contributed by atoms with Crippen molar-refractivity contribution in [3.63, 3.8) is 0 Å². The zero-order valence-corrected chi connectivity index (χ0v) is 20.6. The van der Waals surface area contributed by atoms with Gasteiger partial charge in [-0.3, -0.25) is 4.79 Å². The fourth-order valence-corrected chi connectivity index (χ4v) is 4.64. The van der Waals surface area contributed by atoms with Gasteiger partial charge < -0.3 is 15.0 Å². The van der Waals surface area contributed by atoms with Gasteiger partial charge in [0.1, 0.15) is 5.75 Å². The summed E-state index contributed by atoms with van der Waals surface area (Å²) in [5.74, 6) is 0.209. The lowest BCUT2D eigenvalue weighted by Crippen LogP contribution is -2.26. The molecular weight excluding hydrogens is 420 g/mol. The Labute approximate surface area is 202 Å². The van der Waals surface area contributed by atoms with Crippen LogP contribution in [0.25, 0.3) is 10.9 Å². The van der Waals surface area contributed by atoms with Crippen LogP contribution in [0.1, 0.15) is 71.0 Å². The quantitative estimate of drug-likeness (QED) is 0.314. The molecule has 4 aromatic rings. The second-order valence-corrected chi connectivity index (χ2v) is 9.25. The Balaban J connectivity index is 1.55. The van der Waals surface area contributed by atoms with E-state index < -0.39 is 0 Å². The van der Waals surface area contributed by atoms with Crippen LogP contribution in [0.15, 0.2) is 66.7 Å². The van der Waals surface area contributed by atoms with Crippen molar-refractivity contribution in [1.82, 2.24) is 9.88 Å². The number of amides is 1. The molecule has 4 heteroatoms. The Morgan fingerprint density at radius 2 is 1.79 bits per heavy atom. The molecule has 0 saturated heterocycles. The van der Waals surface area contributed by atoms with E-state index in [9.17, 15) is 9.90 Å². The van der Waals surface area contributed by atoms with Crippen molar-refractivity contribution < 1.29 is 9.90 Å². The predicted molar refractivity (Wildman–Crippen MR) is 140 cm³/mol. The first-order valence-electron chi connectivity index (χ1n) is 12.1. The number of aromatic nitrogens is 1. The molecule has 4 nitrogen and oxygen atoms in total. The zero-order valence-electron chi connectivity index (χ0n) is 20.6. The van der Waals surface area contributed by atoms with E-state index in [0.29, 0.717) is 5.56 Å². The molecule has 0 aliphatic rings. The Kier molecular flexibility index (Phi) is 7.06. The third-order valence-electron chi connectivity index (χ3n) is 6.80. The average molecular weight is 455 g/mol. The van der Waals surface area contributed by atoms with Crippen LogP contribution < -0.4 is 5.32 Å². The Morgan fingerprint density at radius 1 is 1.03 bits per heavy atom. The van der Waals surface area contributed by atoms with Crippen LogP contribution in [0.3, 0.4) is 0 Å². The molecule has 0 aliphatic carbocycles. The van der Waals surface area contributed by atoms with Gasteiger partial charge in [0, 0.05) is 29.2 Å². The smallest absolute Gasteiger partial charge is 0.251 e. The fraction of sp³-hybridized carbons (Fsp3) is 0.300. The van der Waals surface area contributed by atoms with Crippen LogP contribution in [-0.4, -0.2) is 15.6 Å². The summed E-state index contributed by atoms with van der Waals surface area (Å²) in [6, 6.07) is 21.8. The van der Waals surface area contributed by atoms with E-state index >= 15 is 0 Å². The molecule has 4 rings (SSSR count). The van der Waals surface area contributed by atoms with Gasteiger partial charge in [0.25, 0.3) is 5.91 Å². The molecule has 3 aromatic carbocycles. The fourth-order valence-electron chi connectivity index (χ4n) is 4.64. The number of hydrogen-bond donors (Lipinski definition) is 2. The van der Waals surface area contributed by atoms with Crippen LogP contribution in [0.2, 0.25) is 0 Å². The van der Waals surface area contributed by atoms with E-state index in [4.69, 9.17) is 0 Å². The van der Waals surface area contributed by atoms with Crippen LogP contribution in [0.4, 0.5) is 0 Å². The number of fused-ring (bicyclic) bond motifs is 1. The molecule has 0 unspecified atom stereocenters. The van der Waals surface area contributed by atoms with Gasteiger partial charge in [-0.05, 0) is 79.6 Å². The first kappa shape index (κ1) is 23.6. The first-order chi connectivity index (χ1) is 16.4. The van der Waals surface area contributed by atoms with Crippen molar-refractivity contribution in [2.75, 3.05) is 0 Å². The molecule has 2 N–H and O–H groups in total. The third-order valence-corrected chi connectivity index (χ3v) is 6.80. The van der Waals surface area contributed by atoms with E-state index in [2.05, 4.69) is 48.0 Å². The molecule has 176 valence electrons. The maximum Gasteiger partial charge on any atom is 0.251 e. The summed E-state index contributed by atoms with van der Waals surface area (Å²) >= 11 is 0. The van der Waals surface area contributed by atoms with Gasteiger partial charge in [0.15, 0.2) is 0 Å². The maximum absolute atomic E-state index is 13.1. The van der Waals surface area contributed by atoms with E-state index in [-0.39, 0.29) is 17.7 Å². The summed E-state index contributed by atoms with van der Waals surface area (Å²) < 4.78 is 2.14. The molecule has 0 fully saturated rings. The second-order valence-electron chi connectivity index (χ2n) is 9.25. The highest BCUT2D eigenvalue weighted by Gasteiger charge is 2.17. The number of carbonyl (C=O) groups excluding carboxylic acids is 1. The predicted octanol–water partition coefficient (Wildman–Crippen LogP) is 6.62. The Bertz CT molecular complexity index is 1320. The highest BCUT2D eigenvalue weighted by atomic mass is 16.3. The van der Waals surface area contributed by atoms with E-state index in [1.54, 1.807) is 12.1 Å². The normalized spacial score (nSPS) is 12.1. The van der Waals surface area contributed by atoms with Gasteiger partial charge >= 0.3 is 0 Å². The van der Waals surface area contributed by atoms with Gasteiger partial charge in [0.05, 0.1) is 6.04 Å². The molecule has 0 aliphatic heterocycles. The van der Waals surface area contributed by atoms with Crippen LogP contribution in [0, 0.1) is 6.92 Å². The highest BCUT2D eigenvalue weighted by molar-refractivity contribution is 5.99. The van der Waals surface area contributed by atoms with Crippen LogP contribution in [0.5, 0.6) is 5.75 Å². The lowest BCUT2D eigenvalue weighted by Gasteiger charge is -2.16. The largest absolute Gasteiger partial charge is 0.508 e. The highest BCUT2D eigenvalue weighted by Crippen LogP contribution is 2.29. The van der Waals surface area contributed by atoms with Crippen molar-refractivity contribution in [3.8, 4) is 5.75 Å². The summed E-state index contributed by atoms with van der Waals surface area (Å²) in [5.41, 5.74) is 7.58. The number of carbonyl (C=O) groups is 1. The van der Waals surface area contributed by atoms with Crippen LogP contribution >= 0.6 is 0 Å². The molecule has 1 amide bonds. The van der Waals surface area contributed by atoms with Crippen LogP contribution in [-0.2, 0) is 19.9 Å². The monoisotopic (exact) mass is 454 g/mol. The molecule has 0 bridgehead atoms. The number of phenolic OH excluding ortho intramolecular Hbond substituents is 1. The van der Waals surface area contributed by atoms with Crippen molar-refractivity contribution in [2.45, 2.75) is 52.5 Å². The number of benzene rings is 3. The zero-order chi connectivity index (χ0) is 24.2.